The van der Waals surface area contributed by atoms with Gasteiger partial charge in [-0.1, -0.05) is 0 Å². The van der Waals surface area contributed by atoms with Crippen molar-refractivity contribution >= 4 is 11.5 Å². The van der Waals surface area contributed by atoms with Crippen LogP contribution in [0.1, 0.15) is 24.5 Å². The number of ether oxygens (including phenoxy) is 1. The zero-order chi connectivity index (χ0) is 12.4. The van der Waals surface area contributed by atoms with Crippen LogP contribution < -0.4 is 0 Å². The lowest BCUT2D eigenvalue weighted by atomic mass is 9.98. The molecule has 2 rings (SSSR count). The van der Waals surface area contributed by atoms with E-state index < -0.39 is 0 Å². The van der Waals surface area contributed by atoms with Gasteiger partial charge in [-0.05, 0) is 43.7 Å². The zero-order valence-electron chi connectivity index (χ0n) is 9.79. The van der Waals surface area contributed by atoms with Crippen molar-refractivity contribution in [2.45, 2.75) is 20.3 Å². The molecule has 1 aromatic carbocycles. The van der Waals surface area contributed by atoms with Crippen molar-refractivity contribution in [1.82, 2.24) is 0 Å². The topological polar surface area (TPSA) is 26.3 Å². The Labute approximate surface area is 99.4 Å². The molecule has 0 bridgehead atoms. The molecule has 1 aromatic rings. The van der Waals surface area contributed by atoms with Crippen LogP contribution in [0, 0.1) is 12.7 Å². The highest BCUT2D eigenvalue weighted by Gasteiger charge is 2.18. The first kappa shape index (κ1) is 11.6. The molecule has 0 fully saturated rings. The summed E-state index contributed by atoms with van der Waals surface area (Å²) < 4.78 is 18.4. The number of hydrogen-bond donors (Lipinski definition) is 0. The fourth-order valence-corrected chi connectivity index (χ4v) is 1.86. The molecule has 0 spiro atoms. The van der Waals surface area contributed by atoms with Crippen molar-refractivity contribution in [3.63, 3.8) is 0 Å². The van der Waals surface area contributed by atoms with E-state index in [4.69, 9.17) is 4.74 Å². The van der Waals surface area contributed by atoms with Crippen LogP contribution >= 0.6 is 0 Å². The first-order valence-corrected chi connectivity index (χ1v) is 5.42. The zero-order valence-corrected chi connectivity index (χ0v) is 9.79. The summed E-state index contributed by atoms with van der Waals surface area (Å²) >= 11 is 0. The van der Waals surface area contributed by atoms with Crippen molar-refractivity contribution < 1.29 is 13.9 Å². The fourth-order valence-electron chi connectivity index (χ4n) is 1.86. The Bertz CT molecular complexity index is 527. The molecule has 88 valence electrons. The first-order valence-electron chi connectivity index (χ1n) is 5.42. The lowest BCUT2D eigenvalue weighted by Crippen LogP contribution is -2.06. The molecule has 0 amide bonds. The van der Waals surface area contributed by atoms with Gasteiger partial charge in [0.2, 0.25) is 0 Å². The molecule has 3 heteroatoms. The van der Waals surface area contributed by atoms with Gasteiger partial charge in [-0.2, -0.15) is 0 Å². The number of halogens is 1. The third kappa shape index (κ3) is 2.28. The number of carbonyl (C=O) groups is 1. The molecule has 0 saturated carbocycles. The number of rotatable bonds is 2. The summed E-state index contributed by atoms with van der Waals surface area (Å²) in [4.78, 5) is 11.5. The summed E-state index contributed by atoms with van der Waals surface area (Å²) in [6, 6.07) is 4.44. The van der Waals surface area contributed by atoms with Gasteiger partial charge in [-0.3, -0.25) is 4.79 Å². The average Bonchev–Trinajstić information content (AvgIpc) is 2.29. The molecule has 0 saturated heterocycles. The summed E-state index contributed by atoms with van der Waals surface area (Å²) in [5.41, 5.74) is 2.15. The Balaban J connectivity index is 2.53. The quantitative estimate of drug-likeness (QED) is 0.781. The van der Waals surface area contributed by atoms with E-state index in [-0.39, 0.29) is 11.6 Å². The number of carbonyl (C=O) groups excluding carboxylic acids is 1. The van der Waals surface area contributed by atoms with E-state index in [1.165, 1.54) is 19.1 Å². The molecule has 0 N–H and O–H groups in total. The maximum atomic E-state index is 13.0. The lowest BCUT2D eigenvalue weighted by molar-refractivity contribution is -0.113. The Morgan fingerprint density at radius 2 is 2.18 bits per heavy atom. The van der Waals surface area contributed by atoms with Crippen molar-refractivity contribution in [3.8, 4) is 0 Å². The number of allylic oxidation sites excluding steroid dienone is 2. The molecular weight excluding hydrogens is 219 g/mol. The van der Waals surface area contributed by atoms with Crippen LogP contribution in [-0.4, -0.2) is 5.78 Å². The molecule has 0 unspecified atom stereocenters. The highest BCUT2D eigenvalue weighted by molar-refractivity contribution is 6.00. The predicted molar refractivity (Wildman–Crippen MR) is 63.6 cm³/mol. The second-order valence-corrected chi connectivity index (χ2v) is 4.02. The third-order valence-electron chi connectivity index (χ3n) is 2.74. The SMILES string of the molecule is CC(=O)C1=C(c2ccc(F)cc2C)OC=CC1. The molecule has 17 heavy (non-hydrogen) atoms. The maximum Gasteiger partial charge on any atom is 0.159 e. The second-order valence-electron chi connectivity index (χ2n) is 4.02. The highest BCUT2D eigenvalue weighted by atomic mass is 19.1. The van der Waals surface area contributed by atoms with Crippen LogP contribution in [0.3, 0.4) is 0 Å². The van der Waals surface area contributed by atoms with Crippen molar-refractivity contribution in [2.75, 3.05) is 0 Å². The third-order valence-corrected chi connectivity index (χ3v) is 2.74. The van der Waals surface area contributed by atoms with Crippen LogP contribution in [0.15, 0.2) is 36.1 Å². The normalized spacial score (nSPS) is 14.8. The average molecular weight is 232 g/mol. The summed E-state index contributed by atoms with van der Waals surface area (Å²) in [7, 11) is 0. The molecule has 2 nitrogen and oxygen atoms in total. The van der Waals surface area contributed by atoms with Gasteiger partial charge in [0, 0.05) is 17.6 Å². The lowest BCUT2D eigenvalue weighted by Gasteiger charge is -2.17. The van der Waals surface area contributed by atoms with E-state index in [0.717, 1.165) is 11.1 Å². The van der Waals surface area contributed by atoms with Crippen LogP contribution in [-0.2, 0) is 9.53 Å². The van der Waals surface area contributed by atoms with E-state index >= 15 is 0 Å². The Morgan fingerprint density at radius 3 is 2.82 bits per heavy atom. The summed E-state index contributed by atoms with van der Waals surface area (Å²) in [6.45, 7) is 3.31. The monoisotopic (exact) mass is 232 g/mol. The van der Waals surface area contributed by atoms with Gasteiger partial charge in [-0.15, -0.1) is 0 Å². The van der Waals surface area contributed by atoms with Gasteiger partial charge >= 0.3 is 0 Å². The number of ketones is 1. The molecule has 0 atom stereocenters. The summed E-state index contributed by atoms with van der Waals surface area (Å²) in [5.74, 6) is 0.230. The molecule has 0 aromatic heterocycles. The van der Waals surface area contributed by atoms with E-state index in [1.54, 1.807) is 25.3 Å². The summed E-state index contributed by atoms with van der Waals surface area (Å²) in [5, 5.41) is 0. The van der Waals surface area contributed by atoms with Crippen LogP contribution in [0.25, 0.3) is 5.76 Å². The minimum absolute atomic E-state index is 0.0203. The summed E-state index contributed by atoms with van der Waals surface area (Å²) in [6.07, 6.45) is 3.91. The second kappa shape index (κ2) is 4.53. The van der Waals surface area contributed by atoms with Crippen LogP contribution in [0.4, 0.5) is 4.39 Å². The van der Waals surface area contributed by atoms with Gasteiger partial charge in [-0.25, -0.2) is 4.39 Å². The highest BCUT2D eigenvalue weighted by Crippen LogP contribution is 2.29. The van der Waals surface area contributed by atoms with E-state index in [0.29, 0.717) is 17.8 Å². The van der Waals surface area contributed by atoms with Gasteiger partial charge in [0.05, 0.1) is 6.26 Å². The van der Waals surface area contributed by atoms with Crippen molar-refractivity contribution in [3.05, 3.63) is 53.1 Å². The minimum Gasteiger partial charge on any atom is -0.464 e. The number of benzene rings is 1. The predicted octanol–water partition coefficient (Wildman–Crippen LogP) is 3.37. The molecular formula is C14H13FO2. The molecule has 1 heterocycles. The van der Waals surface area contributed by atoms with Crippen LogP contribution in [0.5, 0.6) is 0 Å². The maximum absolute atomic E-state index is 13.0. The van der Waals surface area contributed by atoms with Gasteiger partial charge < -0.3 is 4.74 Å². The van der Waals surface area contributed by atoms with Crippen molar-refractivity contribution in [1.29, 1.82) is 0 Å². The molecule has 0 radical (unpaired) electrons. The van der Waals surface area contributed by atoms with Crippen LogP contribution in [0.2, 0.25) is 0 Å². The van der Waals surface area contributed by atoms with Crippen molar-refractivity contribution in [2.24, 2.45) is 0 Å². The number of hydrogen-bond acceptors (Lipinski definition) is 2. The Morgan fingerprint density at radius 1 is 1.41 bits per heavy atom. The Kier molecular flexibility index (Phi) is 3.09. The largest absolute Gasteiger partial charge is 0.464 e. The number of aryl methyl sites for hydroxylation is 1. The first-order chi connectivity index (χ1) is 8.09. The minimum atomic E-state index is -0.289. The van der Waals surface area contributed by atoms with Gasteiger partial charge in [0.1, 0.15) is 11.6 Å². The smallest absolute Gasteiger partial charge is 0.159 e. The van der Waals surface area contributed by atoms with Gasteiger partial charge in [0.25, 0.3) is 0 Å². The molecule has 0 aliphatic carbocycles. The number of Topliss-reactive ketones (excluding diaryl/α,β-unsaturated/α-hetero) is 1. The van der Waals surface area contributed by atoms with Gasteiger partial charge in [0.15, 0.2) is 5.78 Å². The molecule has 1 aliphatic heterocycles. The van der Waals surface area contributed by atoms with E-state index in [2.05, 4.69) is 0 Å². The Hall–Kier alpha value is -1.90. The van der Waals surface area contributed by atoms with E-state index in [1.807, 2.05) is 0 Å². The molecule has 1 aliphatic rings. The standard InChI is InChI=1S/C14H13FO2/c1-9-8-11(15)5-6-12(9)14-13(10(2)16)4-3-7-17-14/h3,5-8H,4H2,1-2H3. The van der Waals surface area contributed by atoms with E-state index in [9.17, 15) is 9.18 Å². The fraction of sp³-hybridized carbons (Fsp3) is 0.214.